The summed E-state index contributed by atoms with van der Waals surface area (Å²) in [6.07, 6.45) is -1.19. The normalized spacial score (nSPS) is 15.4. The van der Waals surface area contributed by atoms with Crippen molar-refractivity contribution >= 4 is 11.8 Å². The average molecular weight is 283 g/mol. The van der Waals surface area contributed by atoms with Crippen LogP contribution in [0.2, 0.25) is 0 Å². The number of aliphatic hydroxyl groups is 1. The molecule has 0 bridgehead atoms. The zero-order chi connectivity index (χ0) is 15.3. The van der Waals surface area contributed by atoms with E-state index in [1.54, 1.807) is 0 Å². The maximum Gasteiger partial charge on any atom is 0.307 e. The Hall–Kier alpha value is -1.79. The van der Waals surface area contributed by atoms with Crippen molar-refractivity contribution < 1.29 is 24.2 Å². The Kier molecular flexibility index (Phi) is 5.79. The Bertz CT molecular complexity index is 473. The minimum atomic E-state index is -1.12. The molecule has 0 aliphatic rings. The van der Waals surface area contributed by atoms with Crippen molar-refractivity contribution in [2.75, 3.05) is 0 Å². The Balaban J connectivity index is 2.72. The van der Waals surface area contributed by atoms with E-state index in [1.807, 2.05) is 0 Å². The van der Waals surface area contributed by atoms with Gasteiger partial charge in [0.05, 0.1) is 18.1 Å². The summed E-state index contributed by atoms with van der Waals surface area (Å²) in [5, 5.41) is 18.4. The maximum absolute atomic E-state index is 12.8. The third-order valence-corrected chi connectivity index (χ3v) is 3.08. The lowest BCUT2D eigenvalue weighted by Gasteiger charge is -2.17. The second-order valence-corrected chi connectivity index (χ2v) is 4.80. The van der Waals surface area contributed by atoms with Gasteiger partial charge in [-0.3, -0.25) is 9.59 Å². The molecule has 0 heterocycles. The number of carboxylic acids is 1. The molecule has 0 fully saturated rings. The fourth-order valence-electron chi connectivity index (χ4n) is 1.80. The first-order chi connectivity index (χ1) is 9.31. The molecule has 1 unspecified atom stereocenters. The Morgan fingerprint density at radius 3 is 2.30 bits per heavy atom. The van der Waals surface area contributed by atoms with Crippen LogP contribution in [0.5, 0.6) is 0 Å². The molecule has 20 heavy (non-hydrogen) atoms. The number of rotatable bonds is 7. The zero-order valence-corrected chi connectivity index (χ0v) is 11.1. The van der Waals surface area contributed by atoms with Crippen molar-refractivity contribution in [3.8, 4) is 0 Å². The molecule has 5 nitrogen and oxygen atoms in total. The number of hydrogen-bond acceptors (Lipinski definition) is 4. The smallest absolute Gasteiger partial charge is 0.307 e. The zero-order valence-electron chi connectivity index (χ0n) is 11.1. The summed E-state index contributed by atoms with van der Waals surface area (Å²) >= 11 is 0. The molecule has 0 radical (unpaired) electrons. The lowest BCUT2D eigenvalue weighted by molar-refractivity contribution is -0.144. The van der Waals surface area contributed by atoms with Crippen LogP contribution in [0.3, 0.4) is 0 Å². The van der Waals surface area contributed by atoms with Gasteiger partial charge in [0, 0.05) is 6.42 Å². The van der Waals surface area contributed by atoms with E-state index in [0.29, 0.717) is 5.56 Å². The van der Waals surface area contributed by atoms with Crippen LogP contribution >= 0.6 is 0 Å². The summed E-state index contributed by atoms with van der Waals surface area (Å²) in [5.41, 5.74) is 6.10. The number of benzene rings is 1. The van der Waals surface area contributed by atoms with Gasteiger partial charge in [-0.2, -0.15) is 0 Å². The monoisotopic (exact) mass is 283 g/mol. The van der Waals surface area contributed by atoms with E-state index in [1.165, 1.54) is 31.2 Å². The van der Waals surface area contributed by atoms with Crippen molar-refractivity contribution in [2.45, 2.75) is 31.9 Å². The molecular weight excluding hydrogens is 265 g/mol. The molecule has 1 aromatic carbocycles. The number of nitrogens with two attached hydrogens (primary N) is 1. The first-order valence-corrected chi connectivity index (χ1v) is 6.25. The van der Waals surface area contributed by atoms with Gasteiger partial charge in [-0.1, -0.05) is 12.1 Å². The third kappa shape index (κ3) is 4.71. The molecule has 0 spiro atoms. The Labute approximate surface area is 116 Å². The second-order valence-electron chi connectivity index (χ2n) is 4.80. The van der Waals surface area contributed by atoms with Crippen LogP contribution in [0.25, 0.3) is 0 Å². The molecular formula is C14H18FNO4. The van der Waals surface area contributed by atoms with Gasteiger partial charge in [-0.25, -0.2) is 4.39 Å². The third-order valence-electron chi connectivity index (χ3n) is 3.08. The summed E-state index contributed by atoms with van der Waals surface area (Å²) in [4.78, 5) is 22.9. The van der Waals surface area contributed by atoms with Crippen molar-refractivity contribution in [3.05, 3.63) is 35.6 Å². The highest BCUT2D eigenvalue weighted by Crippen LogP contribution is 2.15. The molecule has 110 valence electrons. The molecule has 0 aliphatic heterocycles. The van der Waals surface area contributed by atoms with Gasteiger partial charge in [-0.05, 0) is 31.0 Å². The van der Waals surface area contributed by atoms with Gasteiger partial charge in [-0.15, -0.1) is 0 Å². The molecule has 0 saturated carbocycles. The van der Waals surface area contributed by atoms with E-state index in [9.17, 15) is 19.1 Å². The van der Waals surface area contributed by atoms with E-state index in [4.69, 9.17) is 10.8 Å². The fourth-order valence-corrected chi connectivity index (χ4v) is 1.80. The molecule has 1 aromatic rings. The number of aliphatic carboxylic acids is 1. The number of halogens is 1. The number of carbonyl (C=O) groups is 2. The summed E-state index contributed by atoms with van der Waals surface area (Å²) in [6, 6.07) is 4.33. The first kappa shape index (κ1) is 16.3. The van der Waals surface area contributed by atoms with Crippen LogP contribution in [0.15, 0.2) is 24.3 Å². The number of carbonyl (C=O) groups excluding carboxylic acids is 1. The minimum absolute atomic E-state index is 0.105. The van der Waals surface area contributed by atoms with E-state index >= 15 is 0 Å². The predicted molar refractivity (Wildman–Crippen MR) is 70.5 cm³/mol. The highest BCUT2D eigenvalue weighted by atomic mass is 19.1. The number of hydrogen-bond donors (Lipinski definition) is 3. The first-order valence-electron chi connectivity index (χ1n) is 6.25. The fraction of sp³-hybridized carbons (Fsp3) is 0.429. The van der Waals surface area contributed by atoms with Gasteiger partial charge < -0.3 is 15.9 Å². The number of carboxylic acid groups (broad SMARTS) is 1. The van der Waals surface area contributed by atoms with Crippen LogP contribution in [0.1, 0.15) is 18.9 Å². The van der Waals surface area contributed by atoms with Crippen molar-refractivity contribution in [1.82, 2.24) is 0 Å². The minimum Gasteiger partial charge on any atom is -0.481 e. The average Bonchev–Trinajstić information content (AvgIpc) is 2.39. The van der Waals surface area contributed by atoms with E-state index < -0.39 is 35.6 Å². The molecule has 0 aliphatic carbocycles. The van der Waals surface area contributed by atoms with Crippen molar-refractivity contribution in [3.63, 3.8) is 0 Å². The summed E-state index contributed by atoms with van der Waals surface area (Å²) in [6.45, 7) is 1.37. The lowest BCUT2D eigenvalue weighted by atomic mass is 9.91. The molecule has 0 amide bonds. The van der Waals surface area contributed by atoms with E-state index in [2.05, 4.69) is 0 Å². The molecule has 3 atom stereocenters. The van der Waals surface area contributed by atoms with Crippen LogP contribution in [-0.2, 0) is 16.0 Å². The largest absolute Gasteiger partial charge is 0.481 e. The maximum atomic E-state index is 12.8. The predicted octanol–water partition coefficient (Wildman–Crippen LogP) is 0.736. The Morgan fingerprint density at radius 2 is 1.85 bits per heavy atom. The van der Waals surface area contributed by atoms with Crippen molar-refractivity contribution in [1.29, 1.82) is 0 Å². The van der Waals surface area contributed by atoms with E-state index in [-0.39, 0.29) is 12.8 Å². The number of ketones is 1. The summed E-state index contributed by atoms with van der Waals surface area (Å²) in [7, 11) is 0. The Morgan fingerprint density at radius 1 is 1.30 bits per heavy atom. The second kappa shape index (κ2) is 7.12. The van der Waals surface area contributed by atoms with Gasteiger partial charge in [0.15, 0.2) is 5.78 Å². The van der Waals surface area contributed by atoms with Gasteiger partial charge in [0.25, 0.3) is 0 Å². The molecule has 1 rings (SSSR count). The molecule has 0 aromatic heterocycles. The summed E-state index contributed by atoms with van der Waals surface area (Å²) < 4.78 is 12.8. The van der Waals surface area contributed by atoms with Crippen LogP contribution < -0.4 is 5.73 Å². The highest BCUT2D eigenvalue weighted by molar-refractivity contribution is 5.88. The van der Waals surface area contributed by atoms with Gasteiger partial charge in [0.2, 0.25) is 0 Å². The SMILES string of the molecule is C[C@H](O)[C@@H](N)C(=O)CC(Cc1ccc(F)cc1)C(=O)O. The standard InChI is InChI=1S/C14H18FNO4/c1-8(17)13(16)12(18)7-10(14(19)20)6-9-2-4-11(15)5-3-9/h2-5,8,10,13,17H,6-7,16H2,1H3,(H,19,20)/t8-,10?,13+/m0/s1. The number of Topliss-reactive ketones (excluding diaryl/α,β-unsaturated/α-hetero) is 1. The van der Waals surface area contributed by atoms with E-state index in [0.717, 1.165) is 0 Å². The summed E-state index contributed by atoms with van der Waals surface area (Å²) in [5.74, 6) is -2.99. The topological polar surface area (TPSA) is 101 Å². The van der Waals surface area contributed by atoms with Crippen LogP contribution in [-0.4, -0.2) is 34.1 Å². The van der Waals surface area contributed by atoms with Gasteiger partial charge in [0.1, 0.15) is 5.82 Å². The number of aliphatic hydroxyl groups excluding tert-OH is 1. The quantitative estimate of drug-likeness (QED) is 0.685. The molecule has 6 heteroatoms. The van der Waals surface area contributed by atoms with Crippen LogP contribution in [0.4, 0.5) is 4.39 Å². The highest BCUT2D eigenvalue weighted by Gasteiger charge is 2.26. The van der Waals surface area contributed by atoms with Crippen LogP contribution in [0, 0.1) is 11.7 Å². The van der Waals surface area contributed by atoms with Gasteiger partial charge >= 0.3 is 5.97 Å². The molecule has 0 saturated heterocycles. The lowest BCUT2D eigenvalue weighted by Crippen LogP contribution is -2.41. The van der Waals surface area contributed by atoms with Crippen molar-refractivity contribution in [2.24, 2.45) is 11.7 Å². The molecule has 4 N–H and O–H groups in total.